The van der Waals surface area contributed by atoms with E-state index in [9.17, 15) is 13.2 Å². The van der Waals surface area contributed by atoms with E-state index in [-0.39, 0.29) is 11.0 Å². The van der Waals surface area contributed by atoms with Crippen molar-refractivity contribution >= 4 is 32.7 Å². The Bertz CT molecular complexity index is 1260. The van der Waals surface area contributed by atoms with Gasteiger partial charge in [-0.25, -0.2) is 27.9 Å². The van der Waals surface area contributed by atoms with Crippen LogP contribution >= 0.6 is 0 Å². The van der Waals surface area contributed by atoms with Crippen LogP contribution in [0.3, 0.4) is 0 Å². The van der Waals surface area contributed by atoms with Crippen LogP contribution in [0.1, 0.15) is 12.8 Å². The summed E-state index contributed by atoms with van der Waals surface area (Å²) in [7, 11) is 0.285. The van der Waals surface area contributed by atoms with Crippen LogP contribution in [0.15, 0.2) is 35.6 Å². The van der Waals surface area contributed by atoms with Crippen LogP contribution in [0, 0.1) is 0 Å². The predicted molar refractivity (Wildman–Crippen MR) is 117 cm³/mol. The molecule has 32 heavy (non-hydrogen) atoms. The number of benzene rings is 1. The second kappa shape index (κ2) is 8.26. The van der Waals surface area contributed by atoms with E-state index in [1.807, 2.05) is 19.0 Å². The van der Waals surface area contributed by atoms with Gasteiger partial charge in [-0.3, -0.25) is 0 Å². The number of nitrogens with zero attached hydrogens (tertiary/aromatic N) is 6. The average molecular weight is 461 g/mol. The predicted octanol–water partition coefficient (Wildman–Crippen LogP) is 1.81. The molecule has 2 aromatic heterocycles. The summed E-state index contributed by atoms with van der Waals surface area (Å²) in [5.74, 6) is 0.384. The van der Waals surface area contributed by atoms with E-state index in [4.69, 9.17) is 9.84 Å². The van der Waals surface area contributed by atoms with Gasteiger partial charge >= 0.3 is 6.09 Å². The second-order valence-corrected chi connectivity index (χ2v) is 9.89. The molecular formula is C20H24N6O5S. The normalized spacial score (nSPS) is 15.2. The molecule has 3 heterocycles. The average Bonchev–Trinajstić information content (AvgIpc) is 3.18. The summed E-state index contributed by atoms with van der Waals surface area (Å²) in [6, 6.07) is 4.84. The first-order valence-corrected chi connectivity index (χ1v) is 11.9. The molecule has 1 aromatic carbocycles. The summed E-state index contributed by atoms with van der Waals surface area (Å²) in [5.41, 5.74) is 1.85. The molecule has 0 unspecified atom stereocenters. The Labute approximate surface area is 185 Å². The lowest BCUT2D eigenvalue weighted by atomic mass is 10.1. The minimum Gasteiger partial charge on any atom is -0.474 e. The molecule has 1 aliphatic rings. The van der Waals surface area contributed by atoms with Crippen molar-refractivity contribution in [3.8, 4) is 11.6 Å². The number of carboxylic acid groups (broad SMARTS) is 1. The van der Waals surface area contributed by atoms with E-state index in [2.05, 4.69) is 15.1 Å². The number of aromatic nitrogens is 4. The fourth-order valence-electron chi connectivity index (χ4n) is 3.69. The second-order valence-electron chi connectivity index (χ2n) is 7.88. The molecule has 11 nitrogen and oxygen atoms in total. The lowest BCUT2D eigenvalue weighted by Crippen LogP contribution is -2.41. The van der Waals surface area contributed by atoms with Gasteiger partial charge in [0.2, 0.25) is 5.88 Å². The quantitative estimate of drug-likeness (QED) is 0.605. The minimum atomic E-state index is -3.36. The van der Waals surface area contributed by atoms with Crippen LogP contribution in [-0.2, 0) is 9.84 Å². The monoisotopic (exact) mass is 460 g/mol. The van der Waals surface area contributed by atoms with Crippen molar-refractivity contribution in [1.29, 1.82) is 0 Å². The molecule has 0 radical (unpaired) electrons. The van der Waals surface area contributed by atoms with Crippen molar-refractivity contribution in [1.82, 2.24) is 24.6 Å². The molecule has 170 valence electrons. The van der Waals surface area contributed by atoms with Gasteiger partial charge < -0.3 is 19.6 Å². The van der Waals surface area contributed by atoms with Crippen molar-refractivity contribution in [2.45, 2.75) is 23.8 Å². The Morgan fingerprint density at radius 3 is 2.56 bits per heavy atom. The van der Waals surface area contributed by atoms with E-state index >= 15 is 0 Å². The number of carbonyl (C=O) groups is 1. The Balaban J connectivity index is 1.68. The number of likely N-dealkylation sites (tertiary alicyclic amines) is 1. The fourth-order valence-corrected chi connectivity index (χ4v) is 4.33. The molecule has 0 bridgehead atoms. The zero-order valence-electron chi connectivity index (χ0n) is 18.0. The van der Waals surface area contributed by atoms with Gasteiger partial charge in [0.25, 0.3) is 0 Å². The Morgan fingerprint density at radius 2 is 1.94 bits per heavy atom. The van der Waals surface area contributed by atoms with Crippen molar-refractivity contribution in [3.63, 3.8) is 0 Å². The summed E-state index contributed by atoms with van der Waals surface area (Å²) >= 11 is 0. The maximum absolute atomic E-state index is 12.0. The summed E-state index contributed by atoms with van der Waals surface area (Å²) in [6.07, 6.45) is 4.24. The number of amides is 1. The van der Waals surface area contributed by atoms with E-state index in [0.29, 0.717) is 54.2 Å². The van der Waals surface area contributed by atoms with Gasteiger partial charge in [0.15, 0.2) is 15.5 Å². The summed E-state index contributed by atoms with van der Waals surface area (Å²) in [5, 5.41) is 14.2. The van der Waals surface area contributed by atoms with Gasteiger partial charge in [-0.15, -0.1) is 0 Å². The van der Waals surface area contributed by atoms with Crippen LogP contribution in [0.4, 0.5) is 10.5 Å². The lowest BCUT2D eigenvalue weighted by Gasteiger charge is -2.29. The van der Waals surface area contributed by atoms with Gasteiger partial charge in [-0.2, -0.15) is 5.10 Å². The number of rotatable bonds is 5. The minimum absolute atomic E-state index is 0.154. The highest BCUT2D eigenvalue weighted by molar-refractivity contribution is 7.90. The maximum atomic E-state index is 12.0. The molecule has 1 saturated heterocycles. The van der Waals surface area contributed by atoms with Crippen LogP contribution in [-0.4, -0.2) is 83.8 Å². The Kier molecular flexibility index (Phi) is 5.63. The molecule has 0 atom stereocenters. The maximum Gasteiger partial charge on any atom is 0.407 e. The lowest BCUT2D eigenvalue weighted by molar-refractivity contribution is 0.0879. The number of hydrogen-bond donors (Lipinski definition) is 1. The van der Waals surface area contributed by atoms with Crippen molar-refractivity contribution < 1.29 is 23.1 Å². The molecule has 1 fully saturated rings. The summed E-state index contributed by atoms with van der Waals surface area (Å²) < 4.78 is 31.7. The molecule has 0 spiro atoms. The SMILES string of the molecule is CN(C)c1cc(S(C)(=O)=O)ccc1-n1ncc2c(OC3CCN(C(=O)O)CC3)ncnc21. The van der Waals surface area contributed by atoms with Crippen molar-refractivity contribution in [2.24, 2.45) is 0 Å². The highest BCUT2D eigenvalue weighted by Gasteiger charge is 2.25. The first-order chi connectivity index (χ1) is 15.1. The van der Waals surface area contributed by atoms with Gasteiger partial charge in [0.05, 0.1) is 22.5 Å². The van der Waals surface area contributed by atoms with Crippen molar-refractivity contribution in [3.05, 3.63) is 30.7 Å². The third kappa shape index (κ3) is 4.17. The first kappa shape index (κ1) is 21.8. The molecule has 1 N–H and O–H groups in total. The summed E-state index contributed by atoms with van der Waals surface area (Å²) in [4.78, 5) is 23.1. The molecule has 12 heteroatoms. The Hall–Kier alpha value is -3.41. The van der Waals surface area contributed by atoms with Gasteiger partial charge in [0, 0.05) is 46.3 Å². The third-order valence-electron chi connectivity index (χ3n) is 5.41. The molecule has 0 aliphatic carbocycles. The van der Waals surface area contributed by atoms with Crippen molar-refractivity contribution in [2.75, 3.05) is 38.3 Å². The van der Waals surface area contributed by atoms with E-state index < -0.39 is 15.9 Å². The highest BCUT2D eigenvalue weighted by Crippen LogP contribution is 2.31. The number of piperidine rings is 1. The topological polar surface area (TPSA) is 131 Å². The van der Waals surface area contributed by atoms with Gasteiger partial charge in [-0.05, 0) is 18.2 Å². The largest absolute Gasteiger partial charge is 0.474 e. The Morgan fingerprint density at radius 1 is 1.22 bits per heavy atom. The zero-order valence-corrected chi connectivity index (χ0v) is 18.8. The molecule has 1 aliphatic heterocycles. The van der Waals surface area contributed by atoms with Crippen LogP contribution < -0.4 is 9.64 Å². The summed E-state index contributed by atoms with van der Waals surface area (Å²) in [6.45, 7) is 0.818. The van der Waals surface area contributed by atoms with Crippen LogP contribution in [0.2, 0.25) is 0 Å². The van der Waals surface area contributed by atoms with Gasteiger partial charge in [0.1, 0.15) is 17.8 Å². The van der Waals surface area contributed by atoms with Gasteiger partial charge in [-0.1, -0.05) is 0 Å². The standard InChI is InChI=1S/C20H24N6O5S/c1-24(2)17-10-14(32(3,29)30)4-5-16(17)26-18-15(11-23-26)19(22-12-21-18)31-13-6-8-25(9-7-13)20(27)28/h4-5,10-13H,6-9H2,1-3H3,(H,27,28). The number of ether oxygens (including phenoxy) is 1. The van der Waals surface area contributed by atoms with Crippen LogP contribution in [0.25, 0.3) is 16.7 Å². The number of sulfone groups is 1. The van der Waals surface area contributed by atoms with E-state index in [1.165, 1.54) is 17.5 Å². The first-order valence-electron chi connectivity index (χ1n) is 10.00. The third-order valence-corrected chi connectivity index (χ3v) is 6.52. The smallest absolute Gasteiger partial charge is 0.407 e. The number of fused-ring (bicyclic) bond motifs is 1. The molecule has 0 saturated carbocycles. The number of anilines is 1. The molecule has 1 amide bonds. The molecular weight excluding hydrogens is 436 g/mol. The number of hydrogen-bond acceptors (Lipinski definition) is 8. The molecule has 3 aromatic rings. The fraction of sp³-hybridized carbons (Fsp3) is 0.400. The molecule has 4 rings (SSSR count). The van der Waals surface area contributed by atoms with E-state index in [1.54, 1.807) is 29.1 Å². The van der Waals surface area contributed by atoms with Crippen LogP contribution in [0.5, 0.6) is 5.88 Å². The van der Waals surface area contributed by atoms with E-state index in [0.717, 1.165) is 0 Å². The highest BCUT2D eigenvalue weighted by atomic mass is 32.2. The zero-order chi connectivity index (χ0) is 23.0.